The quantitative estimate of drug-likeness (QED) is 0.757. The molecule has 1 aromatic carbocycles. The molecule has 0 aliphatic carbocycles. The molecule has 2 fully saturated rings. The van der Waals surface area contributed by atoms with Crippen molar-refractivity contribution in [3.63, 3.8) is 0 Å². The van der Waals surface area contributed by atoms with Crippen LogP contribution in [0.4, 0.5) is 0 Å². The van der Waals surface area contributed by atoms with E-state index < -0.39 is 0 Å². The molecule has 0 radical (unpaired) electrons. The second-order valence-electron chi connectivity index (χ2n) is 8.15. The first kappa shape index (κ1) is 18.7. The van der Waals surface area contributed by atoms with Gasteiger partial charge in [-0.3, -0.25) is 4.90 Å². The first-order valence-electron chi connectivity index (χ1n) is 9.26. The van der Waals surface area contributed by atoms with Gasteiger partial charge < -0.3 is 18.9 Å². The molecular formula is C19H31BN2O3. The lowest BCUT2D eigenvalue weighted by Gasteiger charge is -2.32. The third-order valence-corrected chi connectivity index (χ3v) is 5.66. The van der Waals surface area contributed by atoms with Gasteiger partial charge in [0.25, 0.3) is 0 Å². The normalized spacial score (nSPS) is 23.8. The summed E-state index contributed by atoms with van der Waals surface area (Å²) in [6.07, 6.45) is 0. The minimum atomic E-state index is -0.341. The van der Waals surface area contributed by atoms with Gasteiger partial charge in [0.05, 0.1) is 11.2 Å². The molecule has 0 unspecified atom stereocenters. The molecule has 2 heterocycles. The zero-order valence-corrected chi connectivity index (χ0v) is 16.2. The molecular weight excluding hydrogens is 315 g/mol. The SMILES string of the molecule is CN1CCN(CCOc2cccc(B3OC(C)(C)C(C)(C)O3)c2)CC1. The maximum Gasteiger partial charge on any atom is 0.494 e. The lowest BCUT2D eigenvalue weighted by molar-refractivity contribution is 0.00578. The Bertz CT molecular complexity index is 570. The van der Waals surface area contributed by atoms with Crippen LogP contribution in [0.3, 0.4) is 0 Å². The van der Waals surface area contributed by atoms with Gasteiger partial charge in [0.1, 0.15) is 12.4 Å². The van der Waals surface area contributed by atoms with Gasteiger partial charge in [0.15, 0.2) is 0 Å². The predicted octanol–water partition coefficient (Wildman–Crippen LogP) is 1.61. The highest BCUT2D eigenvalue weighted by molar-refractivity contribution is 6.62. The highest BCUT2D eigenvalue weighted by Crippen LogP contribution is 2.36. The molecule has 138 valence electrons. The van der Waals surface area contributed by atoms with Crippen molar-refractivity contribution in [2.24, 2.45) is 0 Å². The van der Waals surface area contributed by atoms with Gasteiger partial charge in [-0.1, -0.05) is 12.1 Å². The van der Waals surface area contributed by atoms with E-state index in [2.05, 4.69) is 44.5 Å². The predicted molar refractivity (Wildman–Crippen MR) is 102 cm³/mol. The summed E-state index contributed by atoms with van der Waals surface area (Å²) < 4.78 is 18.2. The number of rotatable bonds is 5. The topological polar surface area (TPSA) is 34.2 Å². The molecule has 0 atom stereocenters. The van der Waals surface area contributed by atoms with Crippen molar-refractivity contribution in [1.29, 1.82) is 0 Å². The van der Waals surface area contributed by atoms with E-state index in [-0.39, 0.29) is 18.3 Å². The Morgan fingerprint density at radius 1 is 1.04 bits per heavy atom. The molecule has 2 saturated heterocycles. The number of nitrogens with zero attached hydrogens (tertiary/aromatic N) is 2. The second-order valence-corrected chi connectivity index (χ2v) is 8.15. The van der Waals surface area contributed by atoms with E-state index in [9.17, 15) is 0 Å². The zero-order chi connectivity index (χ0) is 18.1. The summed E-state index contributed by atoms with van der Waals surface area (Å²) in [5.41, 5.74) is 0.363. The third-order valence-electron chi connectivity index (χ3n) is 5.66. The molecule has 0 aromatic heterocycles. The highest BCUT2D eigenvalue weighted by atomic mass is 16.7. The second kappa shape index (κ2) is 7.27. The van der Waals surface area contributed by atoms with Crippen molar-refractivity contribution in [1.82, 2.24) is 9.80 Å². The van der Waals surface area contributed by atoms with Crippen molar-refractivity contribution < 1.29 is 14.0 Å². The average Bonchev–Trinajstić information content (AvgIpc) is 2.78. The summed E-state index contributed by atoms with van der Waals surface area (Å²) in [4.78, 5) is 4.82. The minimum Gasteiger partial charge on any atom is -0.492 e. The lowest BCUT2D eigenvalue weighted by Crippen LogP contribution is -2.45. The minimum absolute atomic E-state index is 0.323. The van der Waals surface area contributed by atoms with Crippen LogP contribution < -0.4 is 10.2 Å². The molecule has 0 bridgehead atoms. The standard InChI is InChI=1S/C19H31BN2O3/c1-18(2)19(3,4)25-20(24-18)16-7-6-8-17(15-16)23-14-13-22-11-9-21(5)10-12-22/h6-8,15H,9-14H2,1-5H3. The van der Waals surface area contributed by atoms with Crippen LogP contribution in [-0.4, -0.2) is 74.5 Å². The Morgan fingerprint density at radius 3 is 2.32 bits per heavy atom. The summed E-state index contributed by atoms with van der Waals surface area (Å²) in [6.45, 7) is 14.5. The first-order valence-corrected chi connectivity index (χ1v) is 9.26. The zero-order valence-electron chi connectivity index (χ0n) is 16.2. The number of hydrogen-bond donors (Lipinski definition) is 0. The van der Waals surface area contributed by atoms with Crippen molar-refractivity contribution in [2.75, 3.05) is 46.4 Å². The van der Waals surface area contributed by atoms with Crippen LogP contribution >= 0.6 is 0 Å². The van der Waals surface area contributed by atoms with Gasteiger partial charge in [0.2, 0.25) is 0 Å². The van der Waals surface area contributed by atoms with Crippen LogP contribution in [0.2, 0.25) is 0 Å². The van der Waals surface area contributed by atoms with Crippen molar-refractivity contribution in [3.05, 3.63) is 24.3 Å². The van der Waals surface area contributed by atoms with E-state index in [0.717, 1.165) is 43.9 Å². The van der Waals surface area contributed by atoms with E-state index >= 15 is 0 Å². The van der Waals surface area contributed by atoms with E-state index in [1.165, 1.54) is 0 Å². The molecule has 0 saturated carbocycles. The lowest BCUT2D eigenvalue weighted by atomic mass is 9.79. The Hall–Kier alpha value is -1.08. The van der Waals surface area contributed by atoms with Gasteiger partial charge in [-0.25, -0.2) is 0 Å². The highest BCUT2D eigenvalue weighted by Gasteiger charge is 2.51. The van der Waals surface area contributed by atoms with Gasteiger partial charge in [-0.15, -0.1) is 0 Å². The van der Waals surface area contributed by atoms with Gasteiger partial charge in [-0.05, 0) is 52.3 Å². The van der Waals surface area contributed by atoms with Gasteiger partial charge in [0, 0.05) is 32.7 Å². The molecule has 5 nitrogen and oxygen atoms in total. The molecule has 0 N–H and O–H groups in total. The largest absolute Gasteiger partial charge is 0.494 e. The number of benzene rings is 1. The van der Waals surface area contributed by atoms with Crippen LogP contribution in [0.25, 0.3) is 0 Å². The number of likely N-dealkylation sites (N-methyl/N-ethyl adjacent to an activating group) is 1. The smallest absolute Gasteiger partial charge is 0.492 e. The number of ether oxygens (including phenoxy) is 1. The summed E-state index contributed by atoms with van der Waals surface area (Å²) in [5, 5.41) is 0. The van der Waals surface area contributed by atoms with E-state index in [4.69, 9.17) is 14.0 Å². The Labute approximate surface area is 152 Å². The molecule has 0 amide bonds. The molecule has 2 aliphatic rings. The fourth-order valence-electron chi connectivity index (χ4n) is 3.09. The Morgan fingerprint density at radius 2 is 1.68 bits per heavy atom. The fourth-order valence-corrected chi connectivity index (χ4v) is 3.09. The van der Waals surface area contributed by atoms with Crippen LogP contribution in [0.5, 0.6) is 5.75 Å². The molecule has 2 aliphatic heterocycles. The summed E-state index contributed by atoms with van der Waals surface area (Å²) in [6, 6.07) is 8.08. The van der Waals surface area contributed by atoms with Gasteiger partial charge in [-0.2, -0.15) is 0 Å². The van der Waals surface area contributed by atoms with Crippen molar-refractivity contribution in [2.45, 2.75) is 38.9 Å². The number of piperazine rings is 1. The maximum absolute atomic E-state index is 6.12. The molecule has 3 rings (SSSR count). The Balaban J connectivity index is 1.54. The molecule has 0 spiro atoms. The molecule has 25 heavy (non-hydrogen) atoms. The van der Waals surface area contributed by atoms with Crippen LogP contribution in [-0.2, 0) is 9.31 Å². The Kier molecular flexibility index (Phi) is 5.44. The summed E-state index contributed by atoms with van der Waals surface area (Å²) in [7, 11) is 1.83. The van der Waals surface area contributed by atoms with Crippen LogP contribution in [0.1, 0.15) is 27.7 Å². The molecule has 1 aromatic rings. The summed E-state index contributed by atoms with van der Waals surface area (Å²) >= 11 is 0. The first-order chi connectivity index (χ1) is 11.8. The van der Waals surface area contributed by atoms with Crippen molar-refractivity contribution in [3.8, 4) is 5.75 Å². The average molecular weight is 346 g/mol. The van der Waals surface area contributed by atoms with E-state index in [1.807, 2.05) is 24.3 Å². The monoisotopic (exact) mass is 346 g/mol. The molecule has 6 heteroatoms. The summed E-state index contributed by atoms with van der Waals surface area (Å²) in [5.74, 6) is 0.876. The van der Waals surface area contributed by atoms with E-state index in [1.54, 1.807) is 0 Å². The van der Waals surface area contributed by atoms with Gasteiger partial charge >= 0.3 is 7.12 Å². The maximum atomic E-state index is 6.12. The van der Waals surface area contributed by atoms with Crippen molar-refractivity contribution >= 4 is 12.6 Å². The van der Waals surface area contributed by atoms with Crippen LogP contribution in [0, 0.1) is 0 Å². The third kappa shape index (κ3) is 4.37. The number of hydrogen-bond acceptors (Lipinski definition) is 5. The van der Waals surface area contributed by atoms with E-state index in [0.29, 0.717) is 6.61 Å². The van der Waals surface area contributed by atoms with Crippen LogP contribution in [0.15, 0.2) is 24.3 Å². The fraction of sp³-hybridized carbons (Fsp3) is 0.684.